The number of rotatable bonds is 6. The molecule has 0 saturated heterocycles. The zero-order valence-electron chi connectivity index (χ0n) is 9.03. The maximum atomic E-state index is 5.12. The molecule has 0 aliphatic rings. The van der Waals surface area contributed by atoms with E-state index in [1.807, 2.05) is 11.5 Å². The van der Waals surface area contributed by atoms with E-state index < -0.39 is 0 Å². The summed E-state index contributed by atoms with van der Waals surface area (Å²) in [5.41, 5.74) is 0. The minimum Gasteiger partial charge on any atom is -0.380 e. The molecular formula is C9H18N4O. The van der Waals surface area contributed by atoms with Crippen LogP contribution in [0.2, 0.25) is 0 Å². The second kappa shape index (κ2) is 5.72. The third-order valence-electron chi connectivity index (χ3n) is 2.15. The fourth-order valence-corrected chi connectivity index (χ4v) is 1.15. The van der Waals surface area contributed by atoms with Gasteiger partial charge in [0.25, 0.3) is 0 Å². The molecule has 0 radical (unpaired) electrons. The molecule has 0 bridgehead atoms. The molecule has 80 valence electrons. The molecule has 1 rings (SSSR count). The molecule has 14 heavy (non-hydrogen) atoms. The van der Waals surface area contributed by atoms with Crippen LogP contribution in [0.25, 0.3) is 0 Å². The lowest BCUT2D eigenvalue weighted by Gasteiger charge is -2.10. The normalized spacial score (nSPS) is 13.1. The molecule has 0 aliphatic carbocycles. The van der Waals surface area contributed by atoms with Gasteiger partial charge in [-0.05, 0) is 13.8 Å². The highest BCUT2D eigenvalue weighted by atomic mass is 16.5. The molecule has 0 amide bonds. The van der Waals surface area contributed by atoms with Crippen LogP contribution in [0, 0.1) is 0 Å². The van der Waals surface area contributed by atoms with E-state index in [-0.39, 0.29) is 6.10 Å². The van der Waals surface area contributed by atoms with E-state index in [0.717, 1.165) is 25.5 Å². The molecule has 1 aromatic rings. The van der Waals surface area contributed by atoms with Gasteiger partial charge < -0.3 is 14.6 Å². The number of aromatic nitrogens is 3. The Bertz CT molecular complexity index is 261. The Hall–Kier alpha value is -0.940. The largest absolute Gasteiger partial charge is 0.380 e. The number of hydrogen-bond donors (Lipinski definition) is 1. The first-order valence-corrected chi connectivity index (χ1v) is 4.88. The Labute approximate surface area is 84.5 Å². The van der Waals surface area contributed by atoms with Gasteiger partial charge in [-0.25, -0.2) is 0 Å². The Morgan fingerprint density at radius 2 is 2.43 bits per heavy atom. The molecule has 0 spiro atoms. The molecule has 1 atom stereocenters. The van der Waals surface area contributed by atoms with E-state index in [1.165, 1.54) is 0 Å². The van der Waals surface area contributed by atoms with Gasteiger partial charge in [0, 0.05) is 20.2 Å². The van der Waals surface area contributed by atoms with Gasteiger partial charge in [-0.15, -0.1) is 10.2 Å². The van der Waals surface area contributed by atoms with Crippen molar-refractivity contribution in [3.05, 3.63) is 12.2 Å². The standard InChI is InChI=1S/C9H18N4O/c1-4-13-7-11-12-9(13)6-10-5-8(2)14-3/h7-8,10H,4-6H2,1-3H3. The van der Waals surface area contributed by atoms with Crippen LogP contribution >= 0.6 is 0 Å². The molecule has 1 heterocycles. The first-order chi connectivity index (χ1) is 6.77. The minimum atomic E-state index is 0.230. The molecule has 5 nitrogen and oxygen atoms in total. The van der Waals surface area contributed by atoms with E-state index in [4.69, 9.17) is 4.74 Å². The van der Waals surface area contributed by atoms with Crippen molar-refractivity contribution in [1.29, 1.82) is 0 Å². The van der Waals surface area contributed by atoms with Crippen LogP contribution in [-0.2, 0) is 17.8 Å². The molecule has 1 unspecified atom stereocenters. The van der Waals surface area contributed by atoms with Gasteiger partial charge in [-0.1, -0.05) is 0 Å². The van der Waals surface area contributed by atoms with E-state index in [9.17, 15) is 0 Å². The highest BCUT2D eigenvalue weighted by Crippen LogP contribution is 1.94. The summed E-state index contributed by atoms with van der Waals surface area (Å²) in [5.74, 6) is 0.968. The number of aryl methyl sites for hydroxylation is 1. The lowest BCUT2D eigenvalue weighted by molar-refractivity contribution is 0.116. The third kappa shape index (κ3) is 3.08. The number of nitrogens with one attached hydrogen (secondary N) is 1. The van der Waals surface area contributed by atoms with Crippen LogP contribution in [0.1, 0.15) is 19.7 Å². The molecule has 0 aliphatic heterocycles. The lowest BCUT2D eigenvalue weighted by Crippen LogP contribution is -2.26. The predicted octanol–water partition coefficient (Wildman–Crippen LogP) is 0.422. The third-order valence-corrected chi connectivity index (χ3v) is 2.15. The van der Waals surface area contributed by atoms with Crippen LogP contribution in [0.3, 0.4) is 0 Å². The van der Waals surface area contributed by atoms with Crippen molar-refractivity contribution in [2.24, 2.45) is 0 Å². The van der Waals surface area contributed by atoms with E-state index in [0.29, 0.717) is 0 Å². The van der Waals surface area contributed by atoms with Gasteiger partial charge in [-0.3, -0.25) is 0 Å². The maximum absolute atomic E-state index is 5.12. The van der Waals surface area contributed by atoms with Crippen molar-refractivity contribution in [3.8, 4) is 0 Å². The van der Waals surface area contributed by atoms with Crippen LogP contribution in [0.4, 0.5) is 0 Å². The van der Waals surface area contributed by atoms with E-state index >= 15 is 0 Å². The Kier molecular flexibility index (Phi) is 4.55. The number of ether oxygens (including phenoxy) is 1. The van der Waals surface area contributed by atoms with Crippen molar-refractivity contribution >= 4 is 0 Å². The van der Waals surface area contributed by atoms with Crippen LogP contribution in [0.15, 0.2) is 6.33 Å². The first kappa shape index (κ1) is 11.1. The average molecular weight is 198 g/mol. The highest BCUT2D eigenvalue weighted by molar-refractivity contribution is 4.84. The SMILES string of the molecule is CCn1cnnc1CNCC(C)OC. The second-order valence-corrected chi connectivity index (χ2v) is 3.21. The zero-order chi connectivity index (χ0) is 10.4. The summed E-state index contributed by atoms with van der Waals surface area (Å²) in [6.07, 6.45) is 1.98. The molecule has 0 fully saturated rings. The topological polar surface area (TPSA) is 52.0 Å². The summed E-state index contributed by atoms with van der Waals surface area (Å²) in [7, 11) is 1.71. The fraction of sp³-hybridized carbons (Fsp3) is 0.778. The Morgan fingerprint density at radius 3 is 3.07 bits per heavy atom. The first-order valence-electron chi connectivity index (χ1n) is 4.88. The maximum Gasteiger partial charge on any atom is 0.146 e. The summed E-state index contributed by atoms with van der Waals surface area (Å²) >= 11 is 0. The summed E-state index contributed by atoms with van der Waals surface area (Å²) in [6.45, 7) is 6.57. The number of methoxy groups -OCH3 is 1. The van der Waals surface area contributed by atoms with Crippen molar-refractivity contribution in [3.63, 3.8) is 0 Å². The molecule has 5 heteroatoms. The van der Waals surface area contributed by atoms with E-state index in [2.05, 4.69) is 22.4 Å². The second-order valence-electron chi connectivity index (χ2n) is 3.21. The number of hydrogen-bond acceptors (Lipinski definition) is 4. The van der Waals surface area contributed by atoms with Crippen molar-refractivity contribution in [2.45, 2.75) is 33.0 Å². The van der Waals surface area contributed by atoms with E-state index in [1.54, 1.807) is 13.4 Å². The monoisotopic (exact) mass is 198 g/mol. The Morgan fingerprint density at radius 1 is 1.64 bits per heavy atom. The Balaban J connectivity index is 2.31. The van der Waals surface area contributed by atoms with Crippen LogP contribution in [-0.4, -0.2) is 34.5 Å². The highest BCUT2D eigenvalue weighted by Gasteiger charge is 2.03. The zero-order valence-corrected chi connectivity index (χ0v) is 9.03. The minimum absolute atomic E-state index is 0.230. The van der Waals surface area contributed by atoms with Gasteiger partial charge in [0.05, 0.1) is 12.6 Å². The van der Waals surface area contributed by atoms with Crippen LogP contribution in [0.5, 0.6) is 0 Å². The van der Waals surface area contributed by atoms with Gasteiger partial charge in [0.15, 0.2) is 0 Å². The molecular weight excluding hydrogens is 180 g/mol. The fourth-order valence-electron chi connectivity index (χ4n) is 1.15. The summed E-state index contributed by atoms with van der Waals surface area (Å²) < 4.78 is 7.14. The lowest BCUT2D eigenvalue weighted by atomic mass is 10.4. The van der Waals surface area contributed by atoms with Crippen molar-refractivity contribution < 1.29 is 4.74 Å². The average Bonchev–Trinajstić information content (AvgIpc) is 2.65. The molecule has 1 aromatic heterocycles. The van der Waals surface area contributed by atoms with Gasteiger partial charge >= 0.3 is 0 Å². The predicted molar refractivity (Wildman–Crippen MR) is 53.9 cm³/mol. The summed E-state index contributed by atoms with van der Waals surface area (Å²) in [6, 6.07) is 0. The summed E-state index contributed by atoms with van der Waals surface area (Å²) in [5, 5.41) is 11.1. The van der Waals surface area contributed by atoms with Crippen LogP contribution < -0.4 is 5.32 Å². The van der Waals surface area contributed by atoms with Crippen molar-refractivity contribution in [1.82, 2.24) is 20.1 Å². The molecule has 0 saturated carbocycles. The summed E-state index contributed by atoms with van der Waals surface area (Å²) in [4.78, 5) is 0. The molecule has 0 aromatic carbocycles. The number of nitrogens with zero attached hydrogens (tertiary/aromatic N) is 3. The van der Waals surface area contributed by atoms with Crippen molar-refractivity contribution in [2.75, 3.05) is 13.7 Å². The van der Waals surface area contributed by atoms with Gasteiger partial charge in [-0.2, -0.15) is 0 Å². The van der Waals surface area contributed by atoms with Gasteiger partial charge in [0.2, 0.25) is 0 Å². The molecule has 1 N–H and O–H groups in total. The van der Waals surface area contributed by atoms with Gasteiger partial charge in [0.1, 0.15) is 12.2 Å². The smallest absolute Gasteiger partial charge is 0.146 e. The quantitative estimate of drug-likeness (QED) is 0.720.